The van der Waals surface area contributed by atoms with Gasteiger partial charge in [-0.2, -0.15) is 0 Å². The molecule has 114 valence electrons. The number of carbonyl (C=O) groups is 3. The van der Waals surface area contributed by atoms with E-state index in [4.69, 9.17) is 15.6 Å². The summed E-state index contributed by atoms with van der Waals surface area (Å²) in [5.41, 5.74) is 4.83. The van der Waals surface area contributed by atoms with Crippen LogP contribution in [0.1, 0.15) is 19.3 Å². The summed E-state index contributed by atoms with van der Waals surface area (Å²) in [5.74, 6) is -2.45. The minimum absolute atomic E-state index is 0.104. The van der Waals surface area contributed by atoms with E-state index in [2.05, 4.69) is 10.1 Å². The lowest BCUT2D eigenvalue weighted by atomic mass is 9.79. The number of carbonyl (C=O) groups excluding carboxylic acids is 2. The second kappa shape index (κ2) is 7.20. The molecular weight excluding hydrogens is 268 g/mol. The van der Waals surface area contributed by atoms with Crippen molar-refractivity contribution in [1.82, 2.24) is 5.32 Å². The van der Waals surface area contributed by atoms with E-state index in [1.807, 2.05) is 0 Å². The van der Waals surface area contributed by atoms with Crippen molar-refractivity contribution in [2.75, 3.05) is 26.9 Å². The van der Waals surface area contributed by atoms with Crippen molar-refractivity contribution >= 4 is 17.8 Å². The first-order valence-corrected chi connectivity index (χ1v) is 6.33. The number of esters is 1. The molecule has 1 aliphatic rings. The number of methoxy groups -OCH3 is 1. The number of aliphatic carboxylic acids is 1. The third-order valence-electron chi connectivity index (χ3n) is 3.52. The van der Waals surface area contributed by atoms with Crippen molar-refractivity contribution in [2.24, 2.45) is 11.1 Å². The molecule has 1 heterocycles. The maximum absolute atomic E-state index is 12.3. The van der Waals surface area contributed by atoms with E-state index < -0.39 is 35.7 Å². The number of carboxylic acids is 1. The SMILES string of the molecule is COC(=O)C[C@H](NC(=O)C1(CN)CCOCC1)C(=O)O. The second-order valence-electron chi connectivity index (χ2n) is 4.74. The smallest absolute Gasteiger partial charge is 0.326 e. The van der Waals surface area contributed by atoms with E-state index in [-0.39, 0.29) is 6.54 Å². The summed E-state index contributed by atoms with van der Waals surface area (Å²) < 4.78 is 9.60. The van der Waals surface area contributed by atoms with E-state index in [9.17, 15) is 14.4 Å². The third kappa shape index (κ3) is 3.91. The molecule has 8 heteroatoms. The number of amides is 1. The number of ether oxygens (including phenoxy) is 2. The van der Waals surface area contributed by atoms with Crippen LogP contribution in [0.5, 0.6) is 0 Å². The molecule has 0 spiro atoms. The largest absolute Gasteiger partial charge is 0.480 e. The Morgan fingerprint density at radius 3 is 2.45 bits per heavy atom. The zero-order valence-corrected chi connectivity index (χ0v) is 11.4. The molecule has 0 radical (unpaired) electrons. The Morgan fingerprint density at radius 1 is 1.40 bits per heavy atom. The number of nitrogens with one attached hydrogen (secondary N) is 1. The van der Waals surface area contributed by atoms with Crippen molar-refractivity contribution < 1.29 is 29.0 Å². The summed E-state index contributed by atoms with van der Waals surface area (Å²) in [6.45, 7) is 0.908. The monoisotopic (exact) mass is 288 g/mol. The molecule has 0 aliphatic carbocycles. The fraction of sp³-hybridized carbons (Fsp3) is 0.750. The summed E-state index contributed by atoms with van der Waals surface area (Å²) in [4.78, 5) is 34.5. The Bertz CT molecular complexity index is 378. The van der Waals surface area contributed by atoms with Gasteiger partial charge in [0.2, 0.25) is 5.91 Å². The van der Waals surface area contributed by atoms with Crippen LogP contribution in [0, 0.1) is 5.41 Å². The van der Waals surface area contributed by atoms with Crippen LogP contribution in [0.4, 0.5) is 0 Å². The van der Waals surface area contributed by atoms with Crippen LogP contribution in [-0.4, -0.2) is 55.9 Å². The number of rotatable bonds is 6. The molecule has 0 aromatic heterocycles. The Morgan fingerprint density at radius 2 is 2.00 bits per heavy atom. The van der Waals surface area contributed by atoms with Crippen LogP contribution in [-0.2, 0) is 23.9 Å². The summed E-state index contributed by atoms with van der Waals surface area (Å²) in [7, 11) is 1.16. The van der Waals surface area contributed by atoms with E-state index >= 15 is 0 Å². The van der Waals surface area contributed by atoms with Crippen molar-refractivity contribution in [3.63, 3.8) is 0 Å². The molecule has 1 saturated heterocycles. The lowest BCUT2D eigenvalue weighted by Gasteiger charge is -2.35. The first kappa shape index (κ1) is 16.4. The summed E-state index contributed by atoms with van der Waals surface area (Å²) in [6.07, 6.45) is 0.439. The van der Waals surface area contributed by atoms with Crippen LogP contribution < -0.4 is 11.1 Å². The molecule has 1 atom stereocenters. The maximum atomic E-state index is 12.3. The first-order chi connectivity index (χ1) is 9.45. The van der Waals surface area contributed by atoms with E-state index in [1.54, 1.807) is 0 Å². The Kier molecular flexibility index (Phi) is 5.90. The highest BCUT2D eigenvalue weighted by atomic mass is 16.5. The number of carboxylic acid groups (broad SMARTS) is 1. The van der Waals surface area contributed by atoms with Crippen molar-refractivity contribution in [1.29, 1.82) is 0 Å². The van der Waals surface area contributed by atoms with Gasteiger partial charge in [-0.3, -0.25) is 9.59 Å². The average molecular weight is 288 g/mol. The fourth-order valence-corrected chi connectivity index (χ4v) is 2.05. The van der Waals surface area contributed by atoms with E-state index in [0.29, 0.717) is 26.1 Å². The Labute approximate surface area is 116 Å². The van der Waals surface area contributed by atoms with Gasteiger partial charge in [-0.15, -0.1) is 0 Å². The maximum Gasteiger partial charge on any atom is 0.326 e. The molecule has 1 fully saturated rings. The topological polar surface area (TPSA) is 128 Å². The quantitative estimate of drug-likeness (QED) is 0.528. The van der Waals surface area contributed by atoms with Gasteiger partial charge >= 0.3 is 11.9 Å². The molecule has 8 nitrogen and oxygen atoms in total. The van der Waals surface area contributed by atoms with Gasteiger partial charge in [-0.1, -0.05) is 0 Å². The van der Waals surface area contributed by atoms with Gasteiger partial charge in [0.1, 0.15) is 6.04 Å². The molecule has 0 aromatic rings. The first-order valence-electron chi connectivity index (χ1n) is 6.33. The molecular formula is C12H20N2O6. The Balaban J connectivity index is 2.73. The fourth-order valence-electron chi connectivity index (χ4n) is 2.05. The minimum Gasteiger partial charge on any atom is -0.480 e. The molecule has 0 unspecified atom stereocenters. The number of nitrogens with two attached hydrogens (primary N) is 1. The summed E-state index contributed by atoms with van der Waals surface area (Å²) >= 11 is 0. The molecule has 0 saturated carbocycles. The van der Waals surface area contributed by atoms with Crippen LogP contribution in [0.3, 0.4) is 0 Å². The second-order valence-corrected chi connectivity index (χ2v) is 4.74. The van der Waals surface area contributed by atoms with Gasteiger partial charge in [0.15, 0.2) is 0 Å². The van der Waals surface area contributed by atoms with Crippen LogP contribution in [0.25, 0.3) is 0 Å². The predicted molar refractivity (Wildman–Crippen MR) is 67.7 cm³/mol. The number of hydrogen-bond acceptors (Lipinski definition) is 6. The van der Waals surface area contributed by atoms with Gasteiger partial charge in [-0.25, -0.2) is 4.79 Å². The molecule has 4 N–H and O–H groups in total. The molecule has 1 aliphatic heterocycles. The number of hydrogen-bond donors (Lipinski definition) is 3. The summed E-state index contributed by atoms with van der Waals surface area (Å²) in [6, 6.07) is -1.32. The van der Waals surface area contributed by atoms with Crippen molar-refractivity contribution in [3.05, 3.63) is 0 Å². The zero-order valence-electron chi connectivity index (χ0n) is 11.4. The average Bonchev–Trinajstić information content (AvgIpc) is 2.46. The highest BCUT2D eigenvalue weighted by molar-refractivity contribution is 5.90. The normalized spacial score (nSPS) is 18.9. The van der Waals surface area contributed by atoms with Crippen LogP contribution in [0.2, 0.25) is 0 Å². The van der Waals surface area contributed by atoms with Gasteiger partial charge in [0.05, 0.1) is 18.9 Å². The molecule has 1 rings (SSSR count). The van der Waals surface area contributed by atoms with Gasteiger partial charge in [0.25, 0.3) is 0 Å². The lowest BCUT2D eigenvalue weighted by Crippen LogP contribution is -2.53. The van der Waals surface area contributed by atoms with Crippen LogP contribution in [0.15, 0.2) is 0 Å². The lowest BCUT2D eigenvalue weighted by molar-refractivity contribution is -0.150. The molecule has 1 amide bonds. The molecule has 20 heavy (non-hydrogen) atoms. The van der Waals surface area contributed by atoms with Crippen LogP contribution >= 0.6 is 0 Å². The van der Waals surface area contributed by atoms with Gasteiger partial charge in [0, 0.05) is 19.8 Å². The predicted octanol–water partition coefficient (Wildman–Crippen LogP) is -1.13. The van der Waals surface area contributed by atoms with E-state index in [1.165, 1.54) is 0 Å². The van der Waals surface area contributed by atoms with Crippen molar-refractivity contribution in [2.45, 2.75) is 25.3 Å². The standard InChI is InChI=1S/C12H20N2O6/c1-19-9(15)6-8(10(16)17)14-11(18)12(7-13)2-4-20-5-3-12/h8H,2-7,13H2,1H3,(H,14,18)(H,16,17)/t8-/m0/s1. The van der Waals surface area contributed by atoms with Gasteiger partial charge in [-0.05, 0) is 12.8 Å². The Hall–Kier alpha value is -1.67. The van der Waals surface area contributed by atoms with Crippen molar-refractivity contribution in [3.8, 4) is 0 Å². The molecule has 0 bridgehead atoms. The van der Waals surface area contributed by atoms with E-state index in [0.717, 1.165) is 7.11 Å². The summed E-state index contributed by atoms with van der Waals surface area (Å²) in [5, 5.41) is 11.4. The highest BCUT2D eigenvalue weighted by Gasteiger charge is 2.40. The highest BCUT2D eigenvalue weighted by Crippen LogP contribution is 2.29. The third-order valence-corrected chi connectivity index (χ3v) is 3.52. The minimum atomic E-state index is -1.32. The zero-order chi connectivity index (χ0) is 15.2. The molecule has 0 aromatic carbocycles. The van der Waals surface area contributed by atoms with Gasteiger partial charge < -0.3 is 25.6 Å².